The van der Waals surface area contributed by atoms with Gasteiger partial charge in [-0.15, -0.1) is 0 Å². The van der Waals surface area contributed by atoms with Gasteiger partial charge in [-0.2, -0.15) is 0 Å². The van der Waals surface area contributed by atoms with E-state index in [9.17, 15) is 4.79 Å². The molecule has 2 aromatic carbocycles. The largest absolute Gasteiger partial charge is 0.497 e. The Kier molecular flexibility index (Phi) is 6.03. The number of ether oxygens (including phenoxy) is 1. The fourth-order valence-corrected chi connectivity index (χ4v) is 2.79. The van der Waals surface area contributed by atoms with Crippen molar-refractivity contribution in [3.8, 4) is 5.75 Å². The summed E-state index contributed by atoms with van der Waals surface area (Å²) in [6.07, 6.45) is 3.11. The molecular weight excluding hydrogens is 286 g/mol. The monoisotopic (exact) mass is 313 g/mol. The zero-order chi connectivity index (χ0) is 16.8. The molecule has 1 amide bonds. The minimum atomic E-state index is 0.0165. The Bertz CT molecular complexity index is 677. The smallest absolute Gasteiger partial charge is 0.216 e. The van der Waals surface area contributed by atoms with Gasteiger partial charge in [-0.05, 0) is 59.2 Å². The Labute approximate surface area is 139 Å². The van der Waals surface area contributed by atoms with E-state index in [4.69, 9.17) is 4.74 Å². The summed E-state index contributed by atoms with van der Waals surface area (Å²) >= 11 is 0. The van der Waals surface area contributed by atoms with Crippen molar-refractivity contribution in [1.82, 2.24) is 5.32 Å². The molecule has 3 heteroatoms. The lowest BCUT2D eigenvalue weighted by atomic mass is 9.95. The normalized spacial score (nSPS) is 11.0. The summed E-state index contributed by atoms with van der Waals surface area (Å²) in [5.41, 5.74) is 2.64. The highest BCUT2D eigenvalue weighted by Crippen LogP contribution is 2.27. The Hall–Kier alpha value is -2.03. The number of fused-ring (bicyclic) bond motifs is 1. The summed E-state index contributed by atoms with van der Waals surface area (Å²) in [5.74, 6) is 1.58. The van der Waals surface area contributed by atoms with Gasteiger partial charge in [0.25, 0.3) is 0 Å². The number of carbonyl (C=O) groups excluding carboxylic acids is 1. The molecule has 0 heterocycles. The van der Waals surface area contributed by atoms with Crippen LogP contribution in [-0.2, 0) is 17.6 Å². The van der Waals surface area contributed by atoms with Gasteiger partial charge < -0.3 is 10.1 Å². The van der Waals surface area contributed by atoms with Crippen molar-refractivity contribution >= 4 is 16.7 Å². The number of aryl methyl sites for hydroxylation is 1. The molecule has 0 saturated heterocycles. The predicted molar refractivity (Wildman–Crippen MR) is 96.0 cm³/mol. The fourth-order valence-electron chi connectivity index (χ4n) is 2.79. The van der Waals surface area contributed by atoms with Crippen LogP contribution in [0.15, 0.2) is 30.3 Å². The molecule has 0 aliphatic heterocycles. The summed E-state index contributed by atoms with van der Waals surface area (Å²) in [6.45, 7) is 6.72. The van der Waals surface area contributed by atoms with E-state index in [0.717, 1.165) is 18.6 Å². The van der Waals surface area contributed by atoms with Crippen LogP contribution in [0.25, 0.3) is 10.8 Å². The van der Waals surface area contributed by atoms with E-state index in [1.807, 2.05) is 6.07 Å². The van der Waals surface area contributed by atoms with Crippen molar-refractivity contribution in [2.45, 2.75) is 40.0 Å². The molecule has 0 aliphatic carbocycles. The van der Waals surface area contributed by atoms with Crippen molar-refractivity contribution in [3.63, 3.8) is 0 Å². The maximum atomic E-state index is 11.1. The van der Waals surface area contributed by atoms with E-state index in [0.29, 0.717) is 12.5 Å². The molecule has 1 N–H and O–H groups in total. The molecular formula is C20H27NO2. The standard InChI is InChI=1S/C20H27NO2/c1-14(2)5-6-16-11-17-7-8-19(23-4)13-20(17)18(12-16)9-10-21-15(3)22/h7-8,11-14H,5-6,9-10H2,1-4H3,(H,21,22). The molecule has 0 aromatic heterocycles. The van der Waals surface area contributed by atoms with Crippen molar-refractivity contribution in [3.05, 3.63) is 41.5 Å². The van der Waals surface area contributed by atoms with Gasteiger partial charge in [-0.1, -0.05) is 32.0 Å². The third-order valence-electron chi connectivity index (χ3n) is 4.09. The third kappa shape index (κ3) is 4.98. The van der Waals surface area contributed by atoms with Crippen LogP contribution in [0.4, 0.5) is 0 Å². The van der Waals surface area contributed by atoms with E-state index >= 15 is 0 Å². The lowest BCUT2D eigenvalue weighted by molar-refractivity contribution is -0.118. The van der Waals surface area contributed by atoms with Gasteiger partial charge in [0.1, 0.15) is 5.75 Å². The van der Waals surface area contributed by atoms with Crippen molar-refractivity contribution in [2.75, 3.05) is 13.7 Å². The lowest BCUT2D eigenvalue weighted by Crippen LogP contribution is -2.22. The number of benzene rings is 2. The first-order valence-corrected chi connectivity index (χ1v) is 8.33. The van der Waals surface area contributed by atoms with Gasteiger partial charge in [-0.3, -0.25) is 4.79 Å². The molecule has 2 aromatic rings. The Morgan fingerprint density at radius 3 is 2.61 bits per heavy atom. The number of nitrogens with one attached hydrogen (secondary N) is 1. The van der Waals surface area contributed by atoms with Gasteiger partial charge in [0.05, 0.1) is 7.11 Å². The van der Waals surface area contributed by atoms with Gasteiger partial charge in [-0.25, -0.2) is 0 Å². The van der Waals surface area contributed by atoms with Crippen molar-refractivity contribution < 1.29 is 9.53 Å². The average Bonchev–Trinajstić information content (AvgIpc) is 2.52. The highest BCUT2D eigenvalue weighted by molar-refractivity contribution is 5.88. The summed E-state index contributed by atoms with van der Waals surface area (Å²) < 4.78 is 5.36. The minimum absolute atomic E-state index is 0.0165. The van der Waals surface area contributed by atoms with Crippen LogP contribution in [0.2, 0.25) is 0 Å². The van der Waals surface area contributed by atoms with Crippen molar-refractivity contribution in [2.24, 2.45) is 5.92 Å². The lowest BCUT2D eigenvalue weighted by Gasteiger charge is -2.13. The highest BCUT2D eigenvalue weighted by Gasteiger charge is 2.07. The second kappa shape index (κ2) is 8.00. The maximum Gasteiger partial charge on any atom is 0.216 e. The summed E-state index contributed by atoms with van der Waals surface area (Å²) in [6, 6.07) is 10.8. The number of methoxy groups -OCH3 is 1. The van der Waals surface area contributed by atoms with E-state index in [1.54, 1.807) is 14.0 Å². The van der Waals surface area contributed by atoms with E-state index < -0.39 is 0 Å². The van der Waals surface area contributed by atoms with Crippen LogP contribution in [0.3, 0.4) is 0 Å². The maximum absolute atomic E-state index is 11.1. The Morgan fingerprint density at radius 2 is 1.96 bits per heavy atom. The molecule has 23 heavy (non-hydrogen) atoms. The first kappa shape index (κ1) is 17.3. The molecule has 0 aliphatic rings. The molecule has 124 valence electrons. The van der Waals surface area contributed by atoms with Crippen LogP contribution in [-0.4, -0.2) is 19.6 Å². The second-order valence-corrected chi connectivity index (χ2v) is 6.51. The number of amides is 1. The average molecular weight is 313 g/mol. The first-order valence-electron chi connectivity index (χ1n) is 8.33. The topological polar surface area (TPSA) is 38.3 Å². The van der Waals surface area contributed by atoms with Crippen LogP contribution in [0.1, 0.15) is 38.3 Å². The van der Waals surface area contributed by atoms with Crippen LogP contribution < -0.4 is 10.1 Å². The summed E-state index contributed by atoms with van der Waals surface area (Å²) in [7, 11) is 1.69. The molecule has 0 bridgehead atoms. The Balaban J connectivity index is 2.33. The number of rotatable bonds is 7. The Morgan fingerprint density at radius 1 is 1.17 bits per heavy atom. The SMILES string of the molecule is COc1ccc2cc(CCC(C)C)cc(CCNC(C)=O)c2c1. The van der Waals surface area contributed by atoms with Gasteiger partial charge in [0, 0.05) is 13.5 Å². The third-order valence-corrected chi connectivity index (χ3v) is 4.09. The molecule has 0 unspecified atom stereocenters. The van der Waals surface area contributed by atoms with Gasteiger partial charge in [0.15, 0.2) is 0 Å². The first-order chi connectivity index (χ1) is 11.0. The number of carbonyl (C=O) groups is 1. The van der Waals surface area contributed by atoms with Crippen molar-refractivity contribution in [1.29, 1.82) is 0 Å². The predicted octanol–water partition coefficient (Wildman–Crippen LogP) is 4.12. The molecule has 2 rings (SSSR count). The van der Waals surface area contributed by atoms with Crippen LogP contribution in [0.5, 0.6) is 5.75 Å². The minimum Gasteiger partial charge on any atom is -0.497 e. The summed E-state index contributed by atoms with van der Waals surface area (Å²) in [4.78, 5) is 11.1. The molecule has 0 atom stereocenters. The zero-order valence-corrected chi connectivity index (χ0v) is 14.6. The fraction of sp³-hybridized carbons (Fsp3) is 0.450. The molecule has 0 saturated carbocycles. The van der Waals surface area contributed by atoms with E-state index in [2.05, 4.69) is 43.4 Å². The zero-order valence-electron chi connectivity index (χ0n) is 14.6. The van der Waals surface area contributed by atoms with Crippen LogP contribution in [0, 0.1) is 5.92 Å². The number of hydrogen-bond acceptors (Lipinski definition) is 2. The quantitative estimate of drug-likeness (QED) is 0.835. The number of hydrogen-bond donors (Lipinski definition) is 1. The van der Waals surface area contributed by atoms with Gasteiger partial charge in [0.2, 0.25) is 5.91 Å². The molecule has 0 radical (unpaired) electrons. The van der Waals surface area contributed by atoms with E-state index in [1.165, 1.54) is 28.3 Å². The highest BCUT2D eigenvalue weighted by atomic mass is 16.5. The molecule has 0 fully saturated rings. The second-order valence-electron chi connectivity index (χ2n) is 6.51. The van der Waals surface area contributed by atoms with Crippen LogP contribution >= 0.6 is 0 Å². The van der Waals surface area contributed by atoms with Gasteiger partial charge >= 0.3 is 0 Å². The van der Waals surface area contributed by atoms with E-state index in [-0.39, 0.29) is 5.91 Å². The summed E-state index contributed by atoms with van der Waals surface area (Å²) in [5, 5.41) is 5.34. The molecule has 0 spiro atoms. The molecule has 3 nitrogen and oxygen atoms in total.